The van der Waals surface area contributed by atoms with Gasteiger partial charge in [-0.25, -0.2) is 0 Å². The van der Waals surface area contributed by atoms with Crippen molar-refractivity contribution in [2.24, 2.45) is 0 Å². The highest BCUT2D eigenvalue weighted by atomic mass is 32.2. The summed E-state index contributed by atoms with van der Waals surface area (Å²) >= 11 is 1.69. The molecule has 2 heterocycles. The maximum absolute atomic E-state index is 13.4. The zero-order valence-corrected chi connectivity index (χ0v) is 16.0. The van der Waals surface area contributed by atoms with E-state index in [0.29, 0.717) is 17.1 Å². The molecule has 0 saturated heterocycles. The molecule has 28 heavy (non-hydrogen) atoms. The number of carbonyl (C=O) groups is 1. The quantitative estimate of drug-likeness (QED) is 0.644. The lowest BCUT2D eigenvalue weighted by molar-refractivity contribution is 0.0975. The Morgan fingerprint density at radius 1 is 1.00 bits per heavy atom. The molecule has 2 aliphatic heterocycles. The third kappa shape index (κ3) is 2.77. The van der Waals surface area contributed by atoms with Gasteiger partial charge in [0.05, 0.1) is 11.3 Å². The first kappa shape index (κ1) is 17.0. The Kier molecular flexibility index (Phi) is 4.13. The van der Waals surface area contributed by atoms with Crippen LogP contribution in [-0.2, 0) is 0 Å². The van der Waals surface area contributed by atoms with Gasteiger partial charge >= 0.3 is 0 Å². The Balaban J connectivity index is 1.62. The fraction of sp³-hybridized carbons (Fsp3) is 0.136. The van der Waals surface area contributed by atoms with Gasteiger partial charge in [-0.05, 0) is 48.2 Å². The summed E-state index contributed by atoms with van der Waals surface area (Å²) in [5.41, 5.74) is 3.26. The maximum atomic E-state index is 13.4. The molecule has 3 aromatic rings. The van der Waals surface area contributed by atoms with E-state index in [1.54, 1.807) is 16.7 Å². The zero-order chi connectivity index (χ0) is 19.1. The number of para-hydroxylation sites is 1. The fourth-order valence-electron chi connectivity index (χ4n) is 3.57. The average Bonchev–Trinajstić information content (AvgIpc) is 3.21. The van der Waals surface area contributed by atoms with Gasteiger partial charge in [0.1, 0.15) is 6.17 Å². The largest absolute Gasteiger partial charge is 0.454 e. The van der Waals surface area contributed by atoms with Crippen molar-refractivity contribution in [3.63, 3.8) is 0 Å². The monoisotopic (exact) mass is 390 g/mol. The molecular formula is C22H18N2O3S. The molecule has 0 fully saturated rings. The predicted octanol–water partition coefficient (Wildman–Crippen LogP) is 4.91. The standard InChI is InChI=1S/C22H18N2O3S/c1-28-16-9-6-14(7-10-16)21-23-18-5-3-2-4-17(18)22(25)24(21)15-8-11-19-20(12-15)27-13-26-19/h2-12,21,23H,13H2,1H3/t21-/m0/s1. The molecule has 6 heteroatoms. The van der Waals surface area contributed by atoms with Crippen molar-refractivity contribution < 1.29 is 14.3 Å². The summed E-state index contributed by atoms with van der Waals surface area (Å²) in [4.78, 5) is 16.4. The molecule has 0 aromatic heterocycles. The summed E-state index contributed by atoms with van der Waals surface area (Å²) in [5, 5.41) is 3.52. The maximum Gasteiger partial charge on any atom is 0.262 e. The molecule has 140 valence electrons. The summed E-state index contributed by atoms with van der Waals surface area (Å²) in [6.07, 6.45) is 1.73. The van der Waals surface area contributed by atoms with E-state index in [1.165, 1.54) is 4.90 Å². The number of benzene rings is 3. The molecule has 2 aliphatic rings. The fourth-order valence-corrected chi connectivity index (χ4v) is 3.98. The van der Waals surface area contributed by atoms with Crippen LogP contribution in [0.1, 0.15) is 22.1 Å². The second-order valence-electron chi connectivity index (χ2n) is 6.58. The van der Waals surface area contributed by atoms with Crippen LogP contribution in [0.25, 0.3) is 0 Å². The summed E-state index contributed by atoms with van der Waals surface area (Å²) in [6, 6.07) is 21.5. The van der Waals surface area contributed by atoms with Gasteiger partial charge in [-0.2, -0.15) is 0 Å². The van der Waals surface area contributed by atoms with Crippen molar-refractivity contribution in [1.29, 1.82) is 0 Å². The van der Waals surface area contributed by atoms with Gasteiger partial charge in [0.25, 0.3) is 5.91 Å². The van der Waals surface area contributed by atoms with Gasteiger partial charge in [0.2, 0.25) is 6.79 Å². The molecule has 0 radical (unpaired) electrons. The third-order valence-corrected chi connectivity index (χ3v) is 5.74. The Labute approximate surface area is 167 Å². The SMILES string of the molecule is CSc1ccc([C@H]2Nc3ccccc3C(=O)N2c2ccc3c(c2)OCO3)cc1. The topological polar surface area (TPSA) is 50.8 Å². The average molecular weight is 390 g/mol. The third-order valence-electron chi connectivity index (χ3n) is 4.99. The first-order chi connectivity index (χ1) is 13.7. The first-order valence-corrected chi connectivity index (χ1v) is 10.2. The molecule has 3 aromatic carbocycles. The normalized spacial score (nSPS) is 17.2. The van der Waals surface area contributed by atoms with Gasteiger partial charge in [0.15, 0.2) is 11.5 Å². The van der Waals surface area contributed by atoms with Crippen LogP contribution in [-0.4, -0.2) is 19.0 Å². The molecule has 5 nitrogen and oxygen atoms in total. The molecular weight excluding hydrogens is 372 g/mol. The van der Waals surface area contributed by atoms with Crippen LogP contribution in [0.4, 0.5) is 11.4 Å². The minimum atomic E-state index is -0.321. The van der Waals surface area contributed by atoms with Crippen molar-refractivity contribution in [1.82, 2.24) is 0 Å². The van der Waals surface area contributed by atoms with E-state index in [0.717, 1.165) is 16.9 Å². The van der Waals surface area contributed by atoms with Gasteiger partial charge < -0.3 is 14.8 Å². The van der Waals surface area contributed by atoms with Crippen LogP contribution < -0.4 is 19.7 Å². The number of thioether (sulfide) groups is 1. The molecule has 1 amide bonds. The van der Waals surface area contributed by atoms with E-state index in [-0.39, 0.29) is 18.9 Å². The van der Waals surface area contributed by atoms with Gasteiger partial charge in [-0.3, -0.25) is 9.69 Å². The lowest BCUT2D eigenvalue weighted by Crippen LogP contribution is -2.43. The zero-order valence-electron chi connectivity index (χ0n) is 15.2. The van der Waals surface area contributed by atoms with Gasteiger partial charge in [-0.15, -0.1) is 11.8 Å². The van der Waals surface area contributed by atoms with E-state index in [1.807, 2.05) is 48.7 Å². The molecule has 1 atom stereocenters. The molecule has 1 N–H and O–H groups in total. The first-order valence-electron chi connectivity index (χ1n) is 8.97. The predicted molar refractivity (Wildman–Crippen MR) is 110 cm³/mol. The summed E-state index contributed by atoms with van der Waals surface area (Å²) in [6.45, 7) is 0.202. The highest BCUT2D eigenvalue weighted by molar-refractivity contribution is 7.98. The number of hydrogen-bond donors (Lipinski definition) is 1. The number of rotatable bonds is 3. The van der Waals surface area contributed by atoms with E-state index < -0.39 is 0 Å². The smallest absolute Gasteiger partial charge is 0.262 e. The van der Waals surface area contributed by atoms with E-state index >= 15 is 0 Å². The molecule has 0 saturated carbocycles. The van der Waals surface area contributed by atoms with Crippen LogP contribution in [0.5, 0.6) is 11.5 Å². The highest BCUT2D eigenvalue weighted by Crippen LogP contribution is 2.41. The summed E-state index contributed by atoms with van der Waals surface area (Å²) in [5.74, 6) is 1.30. The molecule has 0 bridgehead atoms. The lowest BCUT2D eigenvalue weighted by Gasteiger charge is -2.38. The minimum Gasteiger partial charge on any atom is -0.454 e. The van der Waals surface area contributed by atoms with Crippen LogP contribution in [0, 0.1) is 0 Å². The molecule has 0 aliphatic carbocycles. The van der Waals surface area contributed by atoms with E-state index in [2.05, 4.69) is 29.6 Å². The van der Waals surface area contributed by atoms with Crippen LogP contribution in [0.2, 0.25) is 0 Å². The van der Waals surface area contributed by atoms with Gasteiger partial charge in [-0.1, -0.05) is 24.3 Å². The Bertz CT molecular complexity index is 1050. The Morgan fingerprint density at radius 2 is 1.79 bits per heavy atom. The van der Waals surface area contributed by atoms with Crippen LogP contribution in [0.3, 0.4) is 0 Å². The summed E-state index contributed by atoms with van der Waals surface area (Å²) in [7, 11) is 0. The summed E-state index contributed by atoms with van der Waals surface area (Å²) < 4.78 is 10.9. The number of hydrogen-bond acceptors (Lipinski definition) is 5. The van der Waals surface area contributed by atoms with E-state index in [9.17, 15) is 4.79 Å². The van der Waals surface area contributed by atoms with Crippen LogP contribution in [0.15, 0.2) is 71.6 Å². The number of carbonyl (C=O) groups excluding carboxylic acids is 1. The highest BCUT2D eigenvalue weighted by Gasteiger charge is 2.34. The van der Waals surface area contributed by atoms with Crippen molar-refractivity contribution in [3.8, 4) is 11.5 Å². The molecule has 0 spiro atoms. The van der Waals surface area contributed by atoms with Crippen molar-refractivity contribution in [2.75, 3.05) is 23.3 Å². The van der Waals surface area contributed by atoms with Crippen LogP contribution >= 0.6 is 11.8 Å². The molecule has 0 unspecified atom stereocenters. The second kappa shape index (κ2) is 6.80. The van der Waals surface area contributed by atoms with E-state index in [4.69, 9.17) is 9.47 Å². The number of nitrogens with zero attached hydrogens (tertiary/aromatic N) is 1. The Hall–Kier alpha value is -3.12. The second-order valence-corrected chi connectivity index (χ2v) is 7.46. The number of fused-ring (bicyclic) bond motifs is 2. The lowest BCUT2D eigenvalue weighted by atomic mass is 10.0. The number of anilines is 2. The number of amides is 1. The van der Waals surface area contributed by atoms with Crippen molar-refractivity contribution in [3.05, 3.63) is 77.9 Å². The number of ether oxygens (including phenoxy) is 2. The number of nitrogens with one attached hydrogen (secondary N) is 1. The van der Waals surface area contributed by atoms with Gasteiger partial charge in [0, 0.05) is 16.6 Å². The molecule has 5 rings (SSSR count). The minimum absolute atomic E-state index is 0.0489. The van der Waals surface area contributed by atoms with Crippen molar-refractivity contribution in [2.45, 2.75) is 11.1 Å². The van der Waals surface area contributed by atoms with Crippen molar-refractivity contribution >= 4 is 29.0 Å². The Morgan fingerprint density at radius 3 is 2.61 bits per heavy atom.